The minimum absolute atomic E-state index is 0.0345. The van der Waals surface area contributed by atoms with Crippen LogP contribution in [-0.4, -0.2) is 18.5 Å². The van der Waals surface area contributed by atoms with Crippen molar-refractivity contribution in [3.63, 3.8) is 0 Å². The van der Waals surface area contributed by atoms with Crippen molar-refractivity contribution in [1.29, 1.82) is 0 Å². The molecule has 2 N–H and O–H groups in total. The molecule has 0 saturated carbocycles. The molecule has 0 bridgehead atoms. The molecule has 0 radical (unpaired) electrons. The Kier molecular flexibility index (Phi) is 3.96. The SMILES string of the molecule is O=C(Nc1cccc(Br)c1)[C@@H]1CCCCN1. The van der Waals surface area contributed by atoms with Gasteiger partial charge in [0, 0.05) is 10.2 Å². The maximum Gasteiger partial charge on any atom is 0.241 e. The molecule has 1 aliphatic heterocycles. The second-order valence-electron chi connectivity index (χ2n) is 4.00. The zero-order valence-corrected chi connectivity index (χ0v) is 10.6. The van der Waals surface area contributed by atoms with Crippen molar-refractivity contribution >= 4 is 27.5 Å². The molecule has 16 heavy (non-hydrogen) atoms. The van der Waals surface area contributed by atoms with Crippen LogP contribution in [0.3, 0.4) is 0 Å². The molecule has 1 atom stereocenters. The first kappa shape index (κ1) is 11.6. The number of amides is 1. The van der Waals surface area contributed by atoms with Gasteiger partial charge < -0.3 is 10.6 Å². The van der Waals surface area contributed by atoms with Gasteiger partial charge in [-0.2, -0.15) is 0 Å². The predicted molar refractivity (Wildman–Crippen MR) is 68.4 cm³/mol. The van der Waals surface area contributed by atoms with E-state index in [1.807, 2.05) is 24.3 Å². The monoisotopic (exact) mass is 282 g/mol. The summed E-state index contributed by atoms with van der Waals surface area (Å²) in [7, 11) is 0. The Morgan fingerprint density at radius 2 is 2.31 bits per heavy atom. The molecule has 1 amide bonds. The highest BCUT2D eigenvalue weighted by molar-refractivity contribution is 9.10. The van der Waals surface area contributed by atoms with Gasteiger partial charge in [-0.05, 0) is 37.6 Å². The molecule has 4 heteroatoms. The Labute approximate surface area is 104 Å². The van der Waals surface area contributed by atoms with Crippen molar-refractivity contribution in [3.05, 3.63) is 28.7 Å². The van der Waals surface area contributed by atoms with E-state index in [9.17, 15) is 4.79 Å². The van der Waals surface area contributed by atoms with Crippen LogP contribution in [-0.2, 0) is 4.79 Å². The number of carbonyl (C=O) groups is 1. The van der Waals surface area contributed by atoms with Crippen molar-refractivity contribution in [2.24, 2.45) is 0 Å². The molecule has 1 aliphatic rings. The first-order valence-electron chi connectivity index (χ1n) is 5.55. The van der Waals surface area contributed by atoms with Crippen LogP contribution in [0.5, 0.6) is 0 Å². The summed E-state index contributed by atoms with van der Waals surface area (Å²) in [5.41, 5.74) is 0.840. The number of carbonyl (C=O) groups excluding carboxylic acids is 1. The molecule has 1 aromatic carbocycles. The van der Waals surface area contributed by atoms with Crippen molar-refractivity contribution in [3.8, 4) is 0 Å². The van der Waals surface area contributed by atoms with Crippen LogP contribution < -0.4 is 10.6 Å². The Bertz CT molecular complexity index is 375. The standard InChI is InChI=1S/C12H15BrN2O/c13-9-4-3-5-10(8-9)15-12(16)11-6-1-2-7-14-11/h3-5,8,11,14H,1-2,6-7H2,(H,15,16)/t11-/m0/s1. The highest BCUT2D eigenvalue weighted by Gasteiger charge is 2.20. The summed E-state index contributed by atoms with van der Waals surface area (Å²) in [6.45, 7) is 0.941. The lowest BCUT2D eigenvalue weighted by Gasteiger charge is -2.22. The predicted octanol–water partition coefficient (Wildman–Crippen LogP) is 2.53. The molecule has 1 aromatic rings. The lowest BCUT2D eigenvalue weighted by Crippen LogP contribution is -2.43. The van der Waals surface area contributed by atoms with E-state index in [4.69, 9.17) is 0 Å². The number of hydrogen-bond acceptors (Lipinski definition) is 2. The van der Waals surface area contributed by atoms with Crippen molar-refractivity contribution in [2.75, 3.05) is 11.9 Å². The quantitative estimate of drug-likeness (QED) is 0.875. The lowest BCUT2D eigenvalue weighted by atomic mass is 10.0. The molecule has 0 spiro atoms. The van der Waals surface area contributed by atoms with E-state index < -0.39 is 0 Å². The third kappa shape index (κ3) is 3.06. The molecule has 0 aliphatic carbocycles. The lowest BCUT2D eigenvalue weighted by molar-refractivity contribution is -0.118. The Morgan fingerprint density at radius 1 is 1.44 bits per heavy atom. The fourth-order valence-corrected chi connectivity index (χ4v) is 2.27. The van der Waals surface area contributed by atoms with Gasteiger partial charge in [0.2, 0.25) is 5.91 Å². The highest BCUT2D eigenvalue weighted by atomic mass is 79.9. The van der Waals surface area contributed by atoms with Gasteiger partial charge in [0.1, 0.15) is 0 Å². The fraction of sp³-hybridized carbons (Fsp3) is 0.417. The van der Waals surface area contributed by atoms with Crippen LogP contribution >= 0.6 is 15.9 Å². The van der Waals surface area contributed by atoms with E-state index in [0.717, 1.165) is 29.5 Å². The molecule has 86 valence electrons. The summed E-state index contributed by atoms with van der Waals surface area (Å²) < 4.78 is 0.974. The summed E-state index contributed by atoms with van der Waals surface area (Å²) in [5, 5.41) is 6.15. The molecular formula is C12H15BrN2O. The number of nitrogens with one attached hydrogen (secondary N) is 2. The zero-order chi connectivity index (χ0) is 11.4. The van der Waals surface area contributed by atoms with Gasteiger partial charge in [0.15, 0.2) is 0 Å². The smallest absolute Gasteiger partial charge is 0.241 e. The number of benzene rings is 1. The number of rotatable bonds is 2. The zero-order valence-electron chi connectivity index (χ0n) is 9.00. The van der Waals surface area contributed by atoms with Crippen molar-refractivity contribution in [2.45, 2.75) is 25.3 Å². The second kappa shape index (κ2) is 5.46. The number of halogens is 1. The first-order chi connectivity index (χ1) is 7.75. The van der Waals surface area contributed by atoms with Gasteiger partial charge in [-0.3, -0.25) is 4.79 Å². The summed E-state index contributed by atoms with van der Waals surface area (Å²) >= 11 is 3.38. The molecular weight excluding hydrogens is 268 g/mol. The largest absolute Gasteiger partial charge is 0.325 e. The van der Waals surface area contributed by atoms with Crippen LogP contribution in [0, 0.1) is 0 Å². The van der Waals surface area contributed by atoms with E-state index in [1.54, 1.807) is 0 Å². The molecule has 0 aromatic heterocycles. The molecule has 3 nitrogen and oxygen atoms in total. The van der Waals surface area contributed by atoms with Crippen LogP contribution in [0.1, 0.15) is 19.3 Å². The van der Waals surface area contributed by atoms with E-state index in [-0.39, 0.29) is 11.9 Å². The Morgan fingerprint density at radius 3 is 3.00 bits per heavy atom. The van der Waals surface area contributed by atoms with Gasteiger partial charge in [-0.25, -0.2) is 0 Å². The molecule has 0 unspecified atom stereocenters. The van der Waals surface area contributed by atoms with E-state index >= 15 is 0 Å². The number of anilines is 1. The van der Waals surface area contributed by atoms with E-state index in [2.05, 4.69) is 26.6 Å². The number of piperidine rings is 1. The highest BCUT2D eigenvalue weighted by Crippen LogP contribution is 2.16. The van der Waals surface area contributed by atoms with Crippen molar-refractivity contribution in [1.82, 2.24) is 5.32 Å². The normalized spacial score (nSPS) is 20.4. The third-order valence-electron chi connectivity index (χ3n) is 2.72. The fourth-order valence-electron chi connectivity index (χ4n) is 1.87. The Balaban J connectivity index is 1.96. The summed E-state index contributed by atoms with van der Waals surface area (Å²) in [6.07, 6.45) is 3.23. The van der Waals surface area contributed by atoms with E-state index in [1.165, 1.54) is 6.42 Å². The summed E-state index contributed by atoms with van der Waals surface area (Å²) in [5.74, 6) is 0.0674. The van der Waals surface area contributed by atoms with Gasteiger partial charge in [0.25, 0.3) is 0 Å². The van der Waals surface area contributed by atoms with Crippen LogP contribution in [0.2, 0.25) is 0 Å². The van der Waals surface area contributed by atoms with E-state index in [0.29, 0.717) is 0 Å². The first-order valence-corrected chi connectivity index (χ1v) is 6.35. The minimum atomic E-state index is -0.0345. The average Bonchev–Trinajstić information content (AvgIpc) is 2.30. The van der Waals surface area contributed by atoms with Gasteiger partial charge in [0.05, 0.1) is 6.04 Å². The Hall–Kier alpha value is -0.870. The topological polar surface area (TPSA) is 41.1 Å². The maximum atomic E-state index is 11.9. The third-order valence-corrected chi connectivity index (χ3v) is 3.21. The average molecular weight is 283 g/mol. The molecule has 2 rings (SSSR count). The maximum absolute atomic E-state index is 11.9. The van der Waals surface area contributed by atoms with Gasteiger partial charge in [-0.15, -0.1) is 0 Å². The molecule has 1 fully saturated rings. The van der Waals surface area contributed by atoms with Crippen LogP contribution in [0.15, 0.2) is 28.7 Å². The second-order valence-corrected chi connectivity index (χ2v) is 4.92. The summed E-state index contributed by atoms with van der Waals surface area (Å²) in [4.78, 5) is 11.9. The minimum Gasteiger partial charge on any atom is -0.325 e. The molecule has 1 heterocycles. The molecule has 1 saturated heterocycles. The van der Waals surface area contributed by atoms with Gasteiger partial charge >= 0.3 is 0 Å². The number of hydrogen-bond donors (Lipinski definition) is 2. The summed E-state index contributed by atoms with van der Waals surface area (Å²) in [6, 6.07) is 7.61. The van der Waals surface area contributed by atoms with Crippen LogP contribution in [0.25, 0.3) is 0 Å². The van der Waals surface area contributed by atoms with Crippen molar-refractivity contribution < 1.29 is 4.79 Å². The van der Waals surface area contributed by atoms with Gasteiger partial charge in [-0.1, -0.05) is 28.4 Å². The van der Waals surface area contributed by atoms with Crippen LogP contribution in [0.4, 0.5) is 5.69 Å².